The van der Waals surface area contributed by atoms with Crippen LogP contribution in [0.1, 0.15) is 22.8 Å². The lowest BCUT2D eigenvalue weighted by Gasteiger charge is -2.12. The SMILES string of the molecule is CCc1cnccc1C(=O)Nc1ccccc1Sc1nncn1C. The van der Waals surface area contributed by atoms with Crippen molar-refractivity contribution in [1.29, 1.82) is 0 Å². The molecule has 0 unspecified atom stereocenters. The molecule has 24 heavy (non-hydrogen) atoms. The summed E-state index contributed by atoms with van der Waals surface area (Å²) >= 11 is 1.46. The van der Waals surface area contributed by atoms with Crippen LogP contribution in [0.5, 0.6) is 0 Å². The van der Waals surface area contributed by atoms with Crippen LogP contribution in [0, 0.1) is 0 Å². The van der Waals surface area contributed by atoms with Gasteiger partial charge in [-0.1, -0.05) is 19.1 Å². The molecule has 0 aliphatic heterocycles. The Morgan fingerprint density at radius 1 is 1.29 bits per heavy atom. The predicted octanol–water partition coefficient (Wildman–Crippen LogP) is 3.18. The summed E-state index contributed by atoms with van der Waals surface area (Å²) in [6.07, 6.45) is 5.77. The zero-order chi connectivity index (χ0) is 16.9. The van der Waals surface area contributed by atoms with Crippen LogP contribution in [0.15, 0.2) is 59.1 Å². The van der Waals surface area contributed by atoms with Gasteiger partial charge in [0.2, 0.25) is 0 Å². The fraction of sp³-hybridized carbons (Fsp3) is 0.176. The quantitative estimate of drug-likeness (QED) is 0.773. The monoisotopic (exact) mass is 339 g/mol. The van der Waals surface area contributed by atoms with Crippen LogP contribution in [-0.4, -0.2) is 25.7 Å². The first kappa shape index (κ1) is 16.2. The number of carbonyl (C=O) groups is 1. The van der Waals surface area contributed by atoms with Gasteiger partial charge in [0.1, 0.15) is 6.33 Å². The molecule has 3 rings (SSSR count). The second-order valence-electron chi connectivity index (χ2n) is 5.16. The van der Waals surface area contributed by atoms with E-state index in [1.54, 1.807) is 24.8 Å². The Balaban J connectivity index is 1.85. The van der Waals surface area contributed by atoms with Crippen LogP contribution in [0.25, 0.3) is 0 Å². The van der Waals surface area contributed by atoms with Crippen molar-refractivity contribution in [2.24, 2.45) is 7.05 Å². The van der Waals surface area contributed by atoms with Crippen molar-refractivity contribution in [1.82, 2.24) is 19.7 Å². The topological polar surface area (TPSA) is 72.7 Å². The van der Waals surface area contributed by atoms with E-state index < -0.39 is 0 Å². The van der Waals surface area contributed by atoms with Gasteiger partial charge in [0, 0.05) is 29.9 Å². The third-order valence-electron chi connectivity index (χ3n) is 3.54. The van der Waals surface area contributed by atoms with Gasteiger partial charge >= 0.3 is 0 Å². The maximum Gasteiger partial charge on any atom is 0.256 e. The Morgan fingerprint density at radius 2 is 2.12 bits per heavy atom. The summed E-state index contributed by atoms with van der Waals surface area (Å²) in [5.74, 6) is -0.139. The third-order valence-corrected chi connectivity index (χ3v) is 4.66. The summed E-state index contributed by atoms with van der Waals surface area (Å²) in [5.41, 5.74) is 2.31. The van der Waals surface area contributed by atoms with E-state index in [0.717, 1.165) is 27.7 Å². The number of hydrogen-bond donors (Lipinski definition) is 1. The number of amides is 1. The van der Waals surface area contributed by atoms with Crippen molar-refractivity contribution in [3.05, 3.63) is 60.2 Å². The lowest BCUT2D eigenvalue weighted by atomic mass is 10.1. The van der Waals surface area contributed by atoms with Gasteiger partial charge in [-0.05, 0) is 41.9 Å². The molecule has 1 aromatic carbocycles. The third kappa shape index (κ3) is 3.46. The Labute approximate surface area is 144 Å². The van der Waals surface area contributed by atoms with Crippen molar-refractivity contribution in [2.45, 2.75) is 23.4 Å². The number of nitrogens with one attached hydrogen (secondary N) is 1. The molecule has 1 N–H and O–H groups in total. The molecule has 0 saturated carbocycles. The number of aromatic nitrogens is 4. The Hall–Kier alpha value is -2.67. The van der Waals surface area contributed by atoms with Crippen LogP contribution >= 0.6 is 11.8 Å². The molecule has 7 heteroatoms. The maximum absolute atomic E-state index is 12.6. The first-order valence-electron chi connectivity index (χ1n) is 7.54. The van der Waals surface area contributed by atoms with Crippen LogP contribution in [-0.2, 0) is 13.5 Å². The number of anilines is 1. The van der Waals surface area contributed by atoms with Gasteiger partial charge in [-0.2, -0.15) is 0 Å². The van der Waals surface area contributed by atoms with Crippen molar-refractivity contribution >= 4 is 23.4 Å². The Morgan fingerprint density at radius 3 is 2.88 bits per heavy atom. The second kappa shape index (κ2) is 7.27. The highest BCUT2D eigenvalue weighted by molar-refractivity contribution is 7.99. The predicted molar refractivity (Wildman–Crippen MR) is 93.1 cm³/mol. The lowest BCUT2D eigenvalue weighted by Crippen LogP contribution is -2.14. The first-order chi connectivity index (χ1) is 11.7. The minimum Gasteiger partial charge on any atom is -0.321 e. The van der Waals surface area contributed by atoms with Crippen LogP contribution < -0.4 is 5.32 Å². The number of carbonyl (C=O) groups excluding carboxylic acids is 1. The molecule has 2 heterocycles. The zero-order valence-electron chi connectivity index (χ0n) is 13.4. The van der Waals surface area contributed by atoms with E-state index >= 15 is 0 Å². The number of pyridine rings is 1. The molecular weight excluding hydrogens is 322 g/mol. The maximum atomic E-state index is 12.6. The van der Waals surface area contributed by atoms with E-state index in [1.807, 2.05) is 42.8 Å². The summed E-state index contributed by atoms with van der Waals surface area (Å²) in [6, 6.07) is 9.39. The molecule has 0 saturated heterocycles. The van der Waals surface area contributed by atoms with Gasteiger partial charge < -0.3 is 9.88 Å². The lowest BCUT2D eigenvalue weighted by molar-refractivity contribution is 0.102. The molecule has 0 bridgehead atoms. The highest BCUT2D eigenvalue weighted by Gasteiger charge is 2.14. The number of benzene rings is 1. The van der Waals surface area contributed by atoms with Gasteiger partial charge in [0.25, 0.3) is 5.91 Å². The van der Waals surface area contributed by atoms with E-state index in [2.05, 4.69) is 20.5 Å². The molecule has 122 valence electrons. The average molecular weight is 339 g/mol. The highest BCUT2D eigenvalue weighted by atomic mass is 32.2. The smallest absolute Gasteiger partial charge is 0.256 e. The molecule has 3 aromatic rings. The Kier molecular flexibility index (Phi) is 4.90. The summed E-state index contributed by atoms with van der Waals surface area (Å²) in [7, 11) is 1.88. The van der Waals surface area contributed by atoms with Crippen LogP contribution in [0.4, 0.5) is 5.69 Å². The molecule has 0 fully saturated rings. The van der Waals surface area contributed by atoms with Gasteiger partial charge in [0.15, 0.2) is 5.16 Å². The fourth-order valence-electron chi connectivity index (χ4n) is 2.24. The number of aryl methyl sites for hydroxylation is 2. The van der Waals surface area contributed by atoms with Crippen molar-refractivity contribution in [2.75, 3.05) is 5.32 Å². The Bertz CT molecular complexity index is 861. The normalized spacial score (nSPS) is 10.6. The fourth-order valence-corrected chi connectivity index (χ4v) is 3.09. The molecule has 0 atom stereocenters. The molecule has 1 amide bonds. The van der Waals surface area contributed by atoms with Crippen LogP contribution in [0.3, 0.4) is 0 Å². The van der Waals surface area contributed by atoms with E-state index in [0.29, 0.717) is 5.56 Å². The second-order valence-corrected chi connectivity index (χ2v) is 6.17. The van der Waals surface area contributed by atoms with Crippen molar-refractivity contribution in [3.8, 4) is 0 Å². The van der Waals surface area contributed by atoms with Crippen molar-refractivity contribution < 1.29 is 4.79 Å². The van der Waals surface area contributed by atoms with E-state index in [4.69, 9.17) is 0 Å². The number of para-hydroxylation sites is 1. The molecule has 0 spiro atoms. The molecule has 6 nitrogen and oxygen atoms in total. The van der Waals surface area contributed by atoms with Gasteiger partial charge in [0.05, 0.1) is 5.69 Å². The van der Waals surface area contributed by atoms with E-state index in [1.165, 1.54) is 11.8 Å². The summed E-state index contributed by atoms with van der Waals surface area (Å²) in [4.78, 5) is 17.6. The van der Waals surface area contributed by atoms with Gasteiger partial charge in [-0.3, -0.25) is 9.78 Å². The van der Waals surface area contributed by atoms with Crippen LogP contribution in [0.2, 0.25) is 0 Å². The van der Waals surface area contributed by atoms with Crippen molar-refractivity contribution in [3.63, 3.8) is 0 Å². The summed E-state index contributed by atoms with van der Waals surface area (Å²) in [5, 5.41) is 11.7. The molecule has 0 radical (unpaired) electrons. The van der Waals surface area contributed by atoms with Gasteiger partial charge in [-0.15, -0.1) is 10.2 Å². The first-order valence-corrected chi connectivity index (χ1v) is 8.35. The number of hydrogen-bond acceptors (Lipinski definition) is 5. The molecule has 0 aliphatic rings. The minimum absolute atomic E-state index is 0.139. The largest absolute Gasteiger partial charge is 0.321 e. The van der Waals surface area contributed by atoms with E-state index in [-0.39, 0.29) is 5.91 Å². The zero-order valence-corrected chi connectivity index (χ0v) is 14.2. The average Bonchev–Trinajstić information content (AvgIpc) is 3.01. The van der Waals surface area contributed by atoms with Gasteiger partial charge in [-0.25, -0.2) is 0 Å². The summed E-state index contributed by atoms with van der Waals surface area (Å²) < 4.78 is 1.83. The molecule has 0 aliphatic carbocycles. The highest BCUT2D eigenvalue weighted by Crippen LogP contribution is 2.32. The summed E-state index contributed by atoms with van der Waals surface area (Å²) in [6.45, 7) is 2.01. The standard InChI is InChI=1S/C17H17N5OS/c1-3-12-10-18-9-8-13(12)16(23)20-14-6-4-5-7-15(14)24-17-21-19-11-22(17)2/h4-11H,3H2,1-2H3,(H,20,23). The number of nitrogens with zero attached hydrogens (tertiary/aromatic N) is 4. The van der Waals surface area contributed by atoms with E-state index in [9.17, 15) is 4.79 Å². The molecule has 2 aromatic heterocycles. The number of rotatable bonds is 5. The minimum atomic E-state index is -0.139. The molecular formula is C17H17N5OS.